The van der Waals surface area contributed by atoms with Crippen LogP contribution >= 0.6 is 11.6 Å². The predicted octanol–water partition coefficient (Wildman–Crippen LogP) is 3.34. The van der Waals surface area contributed by atoms with Crippen LogP contribution in [0.4, 0.5) is 10.2 Å². The van der Waals surface area contributed by atoms with E-state index < -0.39 is 0 Å². The second kappa shape index (κ2) is 8.69. The molecule has 1 aliphatic rings. The molecule has 3 aromatic rings. The van der Waals surface area contributed by atoms with Crippen molar-refractivity contribution >= 4 is 34.3 Å². The monoisotopic (exact) mass is 414 g/mol. The largest absolute Gasteiger partial charge is 0.361 e. The number of aromatic nitrogens is 2. The van der Waals surface area contributed by atoms with Crippen LogP contribution in [0.15, 0.2) is 47.7 Å². The first-order valence-electron chi connectivity index (χ1n) is 9.72. The van der Waals surface area contributed by atoms with E-state index >= 15 is 0 Å². The summed E-state index contributed by atoms with van der Waals surface area (Å²) in [5.74, 6) is 1.37. The zero-order chi connectivity index (χ0) is 20.2. The molecule has 0 saturated carbocycles. The molecule has 2 aromatic heterocycles. The molecule has 1 unspecified atom stereocenters. The van der Waals surface area contributed by atoms with Gasteiger partial charge in [0.05, 0.1) is 5.02 Å². The predicted molar refractivity (Wildman–Crippen MR) is 116 cm³/mol. The Kier molecular flexibility index (Phi) is 5.85. The Morgan fingerprint density at radius 2 is 2.31 bits per heavy atom. The Hall–Kier alpha value is -2.80. The number of fused-ring (bicyclic) bond motifs is 1. The van der Waals surface area contributed by atoms with E-state index in [0.29, 0.717) is 5.02 Å². The Morgan fingerprint density at radius 3 is 3.14 bits per heavy atom. The Balaban J connectivity index is 1.29. The molecule has 1 aromatic carbocycles. The summed E-state index contributed by atoms with van der Waals surface area (Å²) in [6, 6.07) is 8.81. The molecule has 0 spiro atoms. The highest BCUT2D eigenvalue weighted by Gasteiger charge is 2.25. The number of rotatable bonds is 5. The number of H-pyrrole nitrogens is 1. The molecule has 29 heavy (non-hydrogen) atoms. The van der Waals surface area contributed by atoms with Gasteiger partial charge in [0.15, 0.2) is 5.96 Å². The minimum absolute atomic E-state index is 0.230. The molecule has 1 atom stereocenters. The van der Waals surface area contributed by atoms with E-state index in [1.54, 1.807) is 13.2 Å². The first-order valence-corrected chi connectivity index (χ1v) is 10.1. The van der Waals surface area contributed by atoms with Crippen molar-refractivity contribution in [3.8, 4) is 0 Å². The van der Waals surface area contributed by atoms with Crippen molar-refractivity contribution in [3.63, 3.8) is 0 Å². The average Bonchev–Trinajstić information content (AvgIpc) is 3.34. The number of nitrogens with zero attached hydrogens (tertiary/aromatic N) is 3. The van der Waals surface area contributed by atoms with Gasteiger partial charge in [0, 0.05) is 56.0 Å². The first kappa shape index (κ1) is 19.5. The van der Waals surface area contributed by atoms with E-state index in [9.17, 15) is 4.39 Å². The minimum atomic E-state index is -0.230. The minimum Gasteiger partial charge on any atom is -0.361 e. The summed E-state index contributed by atoms with van der Waals surface area (Å²) in [6.07, 6.45) is 5.50. The quantitative estimate of drug-likeness (QED) is 0.442. The third-order valence-electron chi connectivity index (χ3n) is 5.21. The molecule has 152 valence electrons. The molecule has 0 radical (unpaired) electrons. The molecule has 4 rings (SSSR count). The van der Waals surface area contributed by atoms with Crippen molar-refractivity contribution in [2.45, 2.75) is 18.9 Å². The lowest BCUT2D eigenvalue weighted by molar-refractivity contribution is 0.629. The van der Waals surface area contributed by atoms with E-state index in [4.69, 9.17) is 11.6 Å². The number of aromatic amines is 1. The van der Waals surface area contributed by atoms with Gasteiger partial charge in [-0.15, -0.1) is 0 Å². The summed E-state index contributed by atoms with van der Waals surface area (Å²) in [5, 5.41) is 8.57. The number of pyridine rings is 1. The molecule has 8 heteroatoms. The van der Waals surface area contributed by atoms with Crippen LogP contribution in [0, 0.1) is 5.82 Å². The summed E-state index contributed by atoms with van der Waals surface area (Å²) < 4.78 is 13.3. The number of hydrogen-bond acceptors (Lipinski definition) is 3. The molecule has 1 saturated heterocycles. The third-order valence-corrected chi connectivity index (χ3v) is 5.50. The Labute approximate surface area is 174 Å². The Bertz CT molecular complexity index is 1020. The Morgan fingerprint density at radius 1 is 1.41 bits per heavy atom. The summed E-state index contributed by atoms with van der Waals surface area (Å²) in [4.78, 5) is 14.1. The van der Waals surface area contributed by atoms with Crippen LogP contribution in [0.1, 0.15) is 12.0 Å². The summed E-state index contributed by atoms with van der Waals surface area (Å²) in [6.45, 7) is 2.45. The van der Waals surface area contributed by atoms with Gasteiger partial charge < -0.3 is 20.5 Å². The molecule has 0 amide bonds. The van der Waals surface area contributed by atoms with E-state index in [1.165, 1.54) is 12.1 Å². The molecule has 1 fully saturated rings. The lowest BCUT2D eigenvalue weighted by Gasteiger charge is -2.20. The smallest absolute Gasteiger partial charge is 0.191 e. The van der Waals surface area contributed by atoms with Gasteiger partial charge in [-0.3, -0.25) is 4.99 Å². The van der Waals surface area contributed by atoms with Gasteiger partial charge in [-0.25, -0.2) is 9.37 Å². The fraction of sp³-hybridized carbons (Fsp3) is 0.333. The fourth-order valence-corrected chi connectivity index (χ4v) is 3.99. The second-order valence-corrected chi connectivity index (χ2v) is 7.54. The van der Waals surface area contributed by atoms with Crippen molar-refractivity contribution in [1.82, 2.24) is 20.6 Å². The van der Waals surface area contributed by atoms with Crippen molar-refractivity contribution < 1.29 is 4.39 Å². The third kappa shape index (κ3) is 4.45. The van der Waals surface area contributed by atoms with Gasteiger partial charge in [-0.1, -0.05) is 11.6 Å². The number of anilines is 1. The highest BCUT2D eigenvalue weighted by atomic mass is 35.5. The zero-order valence-electron chi connectivity index (χ0n) is 16.3. The number of benzene rings is 1. The zero-order valence-corrected chi connectivity index (χ0v) is 17.0. The number of halogens is 2. The van der Waals surface area contributed by atoms with Gasteiger partial charge in [0.2, 0.25) is 0 Å². The fourth-order valence-electron chi connectivity index (χ4n) is 3.75. The van der Waals surface area contributed by atoms with Crippen molar-refractivity contribution in [3.05, 3.63) is 59.1 Å². The van der Waals surface area contributed by atoms with Gasteiger partial charge in [-0.05, 0) is 48.7 Å². The van der Waals surface area contributed by atoms with Crippen LogP contribution in [0.5, 0.6) is 0 Å². The van der Waals surface area contributed by atoms with Gasteiger partial charge in [0.1, 0.15) is 11.6 Å². The van der Waals surface area contributed by atoms with Crippen LogP contribution in [0.2, 0.25) is 5.02 Å². The summed E-state index contributed by atoms with van der Waals surface area (Å²) in [7, 11) is 1.77. The molecular formula is C21H24ClFN6. The van der Waals surface area contributed by atoms with Crippen molar-refractivity contribution in [2.24, 2.45) is 4.99 Å². The van der Waals surface area contributed by atoms with Gasteiger partial charge >= 0.3 is 0 Å². The highest BCUT2D eigenvalue weighted by molar-refractivity contribution is 6.32. The maximum atomic E-state index is 13.3. The number of guanidine groups is 1. The van der Waals surface area contributed by atoms with Crippen LogP contribution < -0.4 is 15.5 Å². The second-order valence-electron chi connectivity index (χ2n) is 7.14. The van der Waals surface area contributed by atoms with E-state index in [0.717, 1.165) is 60.7 Å². The lowest BCUT2D eigenvalue weighted by atomic mass is 10.1. The maximum absolute atomic E-state index is 13.3. The SMILES string of the molecule is CN=C(NCCc1c[nH]c2cc(F)ccc12)NC1CCN(c2ncccc2Cl)C1. The standard InChI is InChI=1S/C21H24ClFN6/c1-24-21(26-9-6-14-12-27-19-11-15(23)4-5-17(14)19)28-16-7-10-29(13-16)20-18(22)3-2-8-25-20/h2-5,8,11-12,16,27H,6-7,9-10,13H2,1H3,(H2,24,26,28). The first-order chi connectivity index (χ1) is 14.1. The molecular weight excluding hydrogens is 391 g/mol. The van der Waals surface area contributed by atoms with Gasteiger partial charge in [0.25, 0.3) is 0 Å². The van der Waals surface area contributed by atoms with Crippen LogP contribution in [-0.4, -0.2) is 48.7 Å². The van der Waals surface area contributed by atoms with Crippen molar-refractivity contribution in [2.75, 3.05) is 31.6 Å². The van der Waals surface area contributed by atoms with Gasteiger partial charge in [-0.2, -0.15) is 0 Å². The van der Waals surface area contributed by atoms with E-state index in [-0.39, 0.29) is 11.9 Å². The summed E-state index contributed by atoms with van der Waals surface area (Å²) in [5.41, 5.74) is 1.97. The van der Waals surface area contributed by atoms with Crippen LogP contribution in [0.25, 0.3) is 10.9 Å². The topological polar surface area (TPSA) is 68.3 Å². The normalized spacial score (nSPS) is 17.1. The van der Waals surface area contributed by atoms with Crippen molar-refractivity contribution in [1.29, 1.82) is 0 Å². The van der Waals surface area contributed by atoms with E-state index in [1.807, 2.05) is 24.4 Å². The summed E-state index contributed by atoms with van der Waals surface area (Å²) >= 11 is 6.27. The lowest BCUT2D eigenvalue weighted by Crippen LogP contribution is -2.45. The highest BCUT2D eigenvalue weighted by Crippen LogP contribution is 2.25. The molecule has 3 N–H and O–H groups in total. The molecule has 3 heterocycles. The number of aliphatic imine (C=N–C) groups is 1. The molecule has 0 aliphatic carbocycles. The molecule has 6 nitrogen and oxygen atoms in total. The average molecular weight is 415 g/mol. The van der Waals surface area contributed by atoms with Crippen LogP contribution in [0.3, 0.4) is 0 Å². The van der Waals surface area contributed by atoms with E-state index in [2.05, 4.69) is 30.5 Å². The van der Waals surface area contributed by atoms with Crippen LogP contribution in [-0.2, 0) is 6.42 Å². The maximum Gasteiger partial charge on any atom is 0.191 e. The molecule has 0 bridgehead atoms. The molecule has 1 aliphatic heterocycles. The number of nitrogens with one attached hydrogen (secondary N) is 3. The number of hydrogen-bond donors (Lipinski definition) is 3.